The number of thioether (sulfide) groups is 1. The molecule has 0 N–H and O–H groups in total. The highest BCUT2D eigenvalue weighted by Gasteiger charge is 2.32. The smallest absolute Gasteiger partial charge is 0.267 e. The molecule has 7 heteroatoms. The van der Waals surface area contributed by atoms with Gasteiger partial charge in [0.05, 0.1) is 18.7 Å². The molecule has 0 aromatic heterocycles. The summed E-state index contributed by atoms with van der Waals surface area (Å²) >= 11 is 6.79. The predicted octanol–water partition coefficient (Wildman–Crippen LogP) is 4.06. The van der Waals surface area contributed by atoms with Gasteiger partial charge in [-0.15, -0.1) is 0 Å². The molecule has 0 unspecified atom stereocenters. The molecule has 2 aromatic carbocycles. The predicted molar refractivity (Wildman–Crippen MR) is 122 cm³/mol. The highest BCUT2D eigenvalue weighted by atomic mass is 32.2. The Kier molecular flexibility index (Phi) is 6.26. The number of anilines is 2. The summed E-state index contributed by atoms with van der Waals surface area (Å²) < 4.78 is 5.76. The lowest BCUT2D eigenvalue weighted by atomic mass is 10.2. The average Bonchev–Trinajstić information content (AvgIpc) is 2.95. The van der Waals surface area contributed by atoms with Crippen molar-refractivity contribution < 1.29 is 9.53 Å². The molecule has 28 heavy (non-hydrogen) atoms. The molecular weight excluding hydrogens is 390 g/mol. The van der Waals surface area contributed by atoms with E-state index in [4.69, 9.17) is 17.0 Å². The fraction of sp³-hybridized carbons (Fsp3) is 0.238. The zero-order valence-corrected chi connectivity index (χ0v) is 18.0. The molecular formula is C21H23N3O2S2. The fourth-order valence-electron chi connectivity index (χ4n) is 2.77. The van der Waals surface area contributed by atoms with E-state index in [1.54, 1.807) is 12.0 Å². The van der Waals surface area contributed by atoms with Gasteiger partial charge >= 0.3 is 0 Å². The van der Waals surface area contributed by atoms with Crippen LogP contribution in [-0.2, 0) is 4.79 Å². The van der Waals surface area contributed by atoms with Gasteiger partial charge in [-0.05, 0) is 48.0 Å². The van der Waals surface area contributed by atoms with Crippen LogP contribution >= 0.6 is 24.0 Å². The molecule has 1 amide bonds. The number of ether oxygens (including phenoxy) is 1. The van der Waals surface area contributed by atoms with E-state index >= 15 is 0 Å². The van der Waals surface area contributed by atoms with Gasteiger partial charge in [-0.1, -0.05) is 36.1 Å². The van der Waals surface area contributed by atoms with Gasteiger partial charge in [0.25, 0.3) is 5.91 Å². The fourth-order valence-corrected chi connectivity index (χ4v) is 4.01. The Bertz CT molecular complexity index is 893. The van der Waals surface area contributed by atoms with Crippen molar-refractivity contribution >= 4 is 51.7 Å². The Morgan fingerprint density at radius 3 is 2.21 bits per heavy atom. The quantitative estimate of drug-likeness (QED) is 0.525. The van der Waals surface area contributed by atoms with Gasteiger partial charge in [0.1, 0.15) is 10.1 Å². The summed E-state index contributed by atoms with van der Waals surface area (Å²) in [6.45, 7) is 0.397. The number of amides is 1. The number of nitrogens with zero attached hydrogens (tertiary/aromatic N) is 3. The van der Waals surface area contributed by atoms with Crippen molar-refractivity contribution in [3.63, 3.8) is 0 Å². The molecule has 1 fully saturated rings. The first kappa shape index (κ1) is 20.2. The van der Waals surface area contributed by atoms with E-state index in [1.807, 2.05) is 85.5 Å². The standard InChI is InChI=1S/C21H23N3O2S2/c1-22(2)16-7-5-15(6-8-16)13-19-20(25)24(21(27)28-19)14-23(3)17-9-11-18(26-4)12-10-17/h5-13H,14H2,1-4H3. The second-order valence-electron chi connectivity index (χ2n) is 6.63. The van der Waals surface area contributed by atoms with E-state index in [-0.39, 0.29) is 5.91 Å². The average molecular weight is 414 g/mol. The molecule has 3 rings (SSSR count). The lowest BCUT2D eigenvalue weighted by Gasteiger charge is -2.25. The van der Waals surface area contributed by atoms with Gasteiger partial charge in [-0.2, -0.15) is 0 Å². The minimum Gasteiger partial charge on any atom is -0.497 e. The van der Waals surface area contributed by atoms with Crippen LogP contribution in [0.25, 0.3) is 6.08 Å². The molecule has 1 saturated heterocycles. The first-order valence-electron chi connectivity index (χ1n) is 8.77. The molecule has 0 atom stereocenters. The summed E-state index contributed by atoms with van der Waals surface area (Å²) in [6.07, 6.45) is 1.89. The Morgan fingerprint density at radius 2 is 1.64 bits per heavy atom. The van der Waals surface area contributed by atoms with Gasteiger partial charge in [-0.3, -0.25) is 9.69 Å². The maximum atomic E-state index is 12.9. The van der Waals surface area contributed by atoms with Crippen molar-refractivity contribution in [1.29, 1.82) is 0 Å². The van der Waals surface area contributed by atoms with Crippen LogP contribution in [0.5, 0.6) is 5.75 Å². The van der Waals surface area contributed by atoms with Crippen LogP contribution in [0.1, 0.15) is 5.56 Å². The van der Waals surface area contributed by atoms with Crippen LogP contribution in [0.15, 0.2) is 53.4 Å². The zero-order chi connectivity index (χ0) is 20.3. The van der Waals surface area contributed by atoms with E-state index in [9.17, 15) is 4.79 Å². The third kappa shape index (κ3) is 4.48. The number of carbonyl (C=O) groups is 1. The largest absolute Gasteiger partial charge is 0.497 e. The summed E-state index contributed by atoms with van der Waals surface area (Å²) in [7, 11) is 7.57. The van der Waals surface area contributed by atoms with Crippen LogP contribution in [0, 0.1) is 0 Å². The molecule has 0 saturated carbocycles. The molecule has 146 valence electrons. The summed E-state index contributed by atoms with van der Waals surface area (Å²) in [4.78, 5) is 19.2. The van der Waals surface area contributed by atoms with E-state index in [0.717, 1.165) is 22.7 Å². The zero-order valence-electron chi connectivity index (χ0n) is 16.4. The first-order valence-corrected chi connectivity index (χ1v) is 9.99. The van der Waals surface area contributed by atoms with Gasteiger partial charge in [0.2, 0.25) is 0 Å². The molecule has 1 heterocycles. The lowest BCUT2D eigenvalue weighted by molar-refractivity contribution is -0.122. The number of hydrogen-bond donors (Lipinski definition) is 0. The van der Waals surface area contributed by atoms with Gasteiger partial charge in [0, 0.05) is 32.5 Å². The number of methoxy groups -OCH3 is 1. The topological polar surface area (TPSA) is 36.0 Å². The number of thiocarbonyl (C=S) groups is 1. The van der Waals surface area contributed by atoms with E-state index in [1.165, 1.54) is 11.8 Å². The highest BCUT2D eigenvalue weighted by Crippen LogP contribution is 2.33. The lowest BCUT2D eigenvalue weighted by Crippen LogP contribution is -2.38. The SMILES string of the molecule is COc1ccc(N(C)CN2C(=O)C(=Cc3ccc(N(C)C)cc3)SC2=S)cc1. The monoisotopic (exact) mass is 413 g/mol. The van der Waals surface area contributed by atoms with Crippen molar-refractivity contribution in [3.05, 3.63) is 59.0 Å². The molecule has 0 spiro atoms. The summed E-state index contributed by atoms with van der Waals surface area (Å²) in [5, 5.41) is 0. The minimum atomic E-state index is -0.0629. The number of benzene rings is 2. The van der Waals surface area contributed by atoms with Crippen molar-refractivity contribution in [3.8, 4) is 5.75 Å². The van der Waals surface area contributed by atoms with Gasteiger partial charge < -0.3 is 14.5 Å². The van der Waals surface area contributed by atoms with Crippen molar-refractivity contribution in [2.24, 2.45) is 0 Å². The third-order valence-corrected chi connectivity index (χ3v) is 5.83. The Labute approximate surface area is 175 Å². The molecule has 0 radical (unpaired) electrons. The molecule has 5 nitrogen and oxygen atoms in total. The number of carbonyl (C=O) groups excluding carboxylic acids is 1. The molecule has 0 aliphatic carbocycles. The van der Waals surface area contributed by atoms with Crippen LogP contribution in [0.2, 0.25) is 0 Å². The normalized spacial score (nSPS) is 15.3. The van der Waals surface area contributed by atoms with Crippen molar-refractivity contribution in [1.82, 2.24) is 4.90 Å². The molecule has 0 bridgehead atoms. The second kappa shape index (κ2) is 8.67. The summed E-state index contributed by atoms with van der Waals surface area (Å²) in [5.74, 6) is 0.734. The molecule has 1 aliphatic rings. The second-order valence-corrected chi connectivity index (χ2v) is 8.31. The maximum Gasteiger partial charge on any atom is 0.267 e. The number of rotatable bonds is 6. The first-order chi connectivity index (χ1) is 13.4. The van der Waals surface area contributed by atoms with Gasteiger partial charge in [-0.25, -0.2) is 0 Å². The van der Waals surface area contributed by atoms with E-state index < -0.39 is 0 Å². The van der Waals surface area contributed by atoms with E-state index in [0.29, 0.717) is 15.9 Å². The van der Waals surface area contributed by atoms with Crippen molar-refractivity contribution in [2.75, 3.05) is 44.7 Å². The molecule has 1 aliphatic heterocycles. The summed E-state index contributed by atoms with van der Waals surface area (Å²) in [5.41, 5.74) is 3.08. The Morgan fingerprint density at radius 1 is 1.04 bits per heavy atom. The van der Waals surface area contributed by atoms with Crippen LogP contribution in [0.4, 0.5) is 11.4 Å². The number of hydrogen-bond acceptors (Lipinski definition) is 6. The summed E-state index contributed by atoms with van der Waals surface area (Å²) in [6, 6.07) is 15.8. The van der Waals surface area contributed by atoms with Crippen molar-refractivity contribution in [2.45, 2.75) is 0 Å². The van der Waals surface area contributed by atoms with Crippen LogP contribution < -0.4 is 14.5 Å². The minimum absolute atomic E-state index is 0.0629. The Hall–Kier alpha value is -2.51. The van der Waals surface area contributed by atoms with Crippen LogP contribution in [0.3, 0.4) is 0 Å². The molecule has 2 aromatic rings. The third-order valence-electron chi connectivity index (χ3n) is 4.45. The highest BCUT2D eigenvalue weighted by molar-refractivity contribution is 8.26. The maximum absolute atomic E-state index is 12.9. The van der Waals surface area contributed by atoms with Gasteiger partial charge in [0.15, 0.2) is 0 Å². The van der Waals surface area contributed by atoms with Crippen LogP contribution in [-0.4, -0.2) is 50.0 Å². The Balaban J connectivity index is 1.71. The van der Waals surface area contributed by atoms with E-state index in [2.05, 4.69) is 0 Å².